The van der Waals surface area contributed by atoms with Crippen LogP contribution in [0.3, 0.4) is 0 Å². The predicted octanol–water partition coefficient (Wildman–Crippen LogP) is 1.40. The zero-order chi connectivity index (χ0) is 15.5. The van der Waals surface area contributed by atoms with E-state index < -0.39 is 0 Å². The standard InChI is InChI=1S/C15H17N3O4/c1-21-15(20)10-4-6-11(7-5-10)18-14(12(9-19)16-17-18)13-3-2-8-22-13/h4-7,13,19H,2-3,8-9H2,1H3. The van der Waals surface area contributed by atoms with Crippen LogP contribution in [0.1, 0.15) is 40.7 Å². The molecule has 0 amide bonds. The van der Waals surface area contributed by atoms with Crippen LogP contribution in [-0.4, -0.2) is 39.8 Å². The molecule has 116 valence electrons. The molecule has 7 nitrogen and oxygen atoms in total. The molecular formula is C15H17N3O4. The van der Waals surface area contributed by atoms with Gasteiger partial charge in [-0.3, -0.25) is 0 Å². The summed E-state index contributed by atoms with van der Waals surface area (Å²) in [5.41, 5.74) is 2.51. The quantitative estimate of drug-likeness (QED) is 0.859. The maximum Gasteiger partial charge on any atom is 0.337 e. The molecule has 1 atom stereocenters. The van der Waals surface area contributed by atoms with Gasteiger partial charge in [0, 0.05) is 6.61 Å². The number of rotatable bonds is 4. The Hall–Kier alpha value is -2.25. The molecule has 0 radical (unpaired) electrons. The molecule has 1 aromatic carbocycles. The summed E-state index contributed by atoms with van der Waals surface area (Å²) in [6.07, 6.45) is 1.74. The summed E-state index contributed by atoms with van der Waals surface area (Å²) in [6, 6.07) is 6.86. The first-order chi connectivity index (χ1) is 10.7. The van der Waals surface area contributed by atoms with Gasteiger partial charge in [0.15, 0.2) is 0 Å². The number of esters is 1. The lowest BCUT2D eigenvalue weighted by atomic mass is 10.1. The second-order valence-electron chi connectivity index (χ2n) is 5.03. The summed E-state index contributed by atoms with van der Waals surface area (Å²) in [7, 11) is 1.34. The fraction of sp³-hybridized carbons (Fsp3) is 0.400. The van der Waals surface area contributed by atoms with Crippen molar-refractivity contribution < 1.29 is 19.4 Å². The lowest BCUT2D eigenvalue weighted by Crippen LogP contribution is -2.09. The second-order valence-corrected chi connectivity index (χ2v) is 5.03. The summed E-state index contributed by atoms with van der Waals surface area (Å²) >= 11 is 0. The molecule has 0 bridgehead atoms. The van der Waals surface area contributed by atoms with E-state index >= 15 is 0 Å². The van der Waals surface area contributed by atoms with Crippen molar-refractivity contribution in [3.05, 3.63) is 41.2 Å². The minimum atomic E-state index is -0.388. The fourth-order valence-electron chi connectivity index (χ4n) is 2.60. The van der Waals surface area contributed by atoms with Gasteiger partial charge in [-0.15, -0.1) is 5.10 Å². The Bertz CT molecular complexity index is 660. The zero-order valence-corrected chi connectivity index (χ0v) is 12.2. The van der Waals surface area contributed by atoms with E-state index in [0.717, 1.165) is 24.2 Å². The number of carbonyl (C=O) groups excluding carboxylic acids is 1. The molecule has 1 aliphatic heterocycles. The third-order valence-corrected chi connectivity index (χ3v) is 3.70. The van der Waals surface area contributed by atoms with Crippen molar-refractivity contribution in [3.8, 4) is 5.69 Å². The lowest BCUT2D eigenvalue weighted by molar-refractivity contribution is 0.0600. The molecule has 1 fully saturated rings. The monoisotopic (exact) mass is 303 g/mol. The number of hydrogen-bond donors (Lipinski definition) is 1. The molecular weight excluding hydrogens is 286 g/mol. The molecule has 2 aromatic rings. The van der Waals surface area contributed by atoms with Crippen LogP contribution in [0.15, 0.2) is 24.3 Å². The van der Waals surface area contributed by atoms with E-state index in [1.165, 1.54) is 7.11 Å². The number of aliphatic hydroxyl groups is 1. The molecule has 0 saturated carbocycles. The molecule has 3 rings (SSSR count). The van der Waals surface area contributed by atoms with Crippen LogP contribution in [0, 0.1) is 0 Å². The summed E-state index contributed by atoms with van der Waals surface area (Å²) in [5.74, 6) is -0.388. The Morgan fingerprint density at radius 2 is 2.23 bits per heavy atom. The molecule has 1 aromatic heterocycles. The van der Waals surface area contributed by atoms with Crippen LogP contribution < -0.4 is 0 Å². The van der Waals surface area contributed by atoms with Gasteiger partial charge in [-0.05, 0) is 37.1 Å². The van der Waals surface area contributed by atoms with Gasteiger partial charge in [0.2, 0.25) is 0 Å². The van der Waals surface area contributed by atoms with Crippen LogP contribution in [-0.2, 0) is 16.1 Å². The van der Waals surface area contributed by atoms with Crippen molar-refractivity contribution in [1.82, 2.24) is 15.0 Å². The minimum Gasteiger partial charge on any atom is -0.465 e. The Kier molecular flexibility index (Phi) is 4.17. The van der Waals surface area contributed by atoms with E-state index in [1.54, 1.807) is 28.9 Å². The highest BCUT2D eigenvalue weighted by Gasteiger charge is 2.26. The van der Waals surface area contributed by atoms with Crippen molar-refractivity contribution in [2.24, 2.45) is 0 Å². The van der Waals surface area contributed by atoms with E-state index in [9.17, 15) is 9.90 Å². The SMILES string of the molecule is COC(=O)c1ccc(-n2nnc(CO)c2C2CCCO2)cc1. The number of carbonyl (C=O) groups is 1. The second kappa shape index (κ2) is 6.25. The van der Waals surface area contributed by atoms with Crippen molar-refractivity contribution in [2.75, 3.05) is 13.7 Å². The minimum absolute atomic E-state index is 0.113. The van der Waals surface area contributed by atoms with E-state index in [1.807, 2.05) is 0 Å². The average Bonchev–Trinajstić information content (AvgIpc) is 3.22. The van der Waals surface area contributed by atoms with Crippen LogP contribution >= 0.6 is 0 Å². The molecule has 1 aliphatic rings. The molecule has 0 spiro atoms. The third kappa shape index (κ3) is 2.60. The van der Waals surface area contributed by atoms with Crippen LogP contribution in [0.2, 0.25) is 0 Å². The van der Waals surface area contributed by atoms with Gasteiger partial charge in [-0.1, -0.05) is 5.21 Å². The smallest absolute Gasteiger partial charge is 0.337 e. The van der Waals surface area contributed by atoms with Crippen molar-refractivity contribution in [3.63, 3.8) is 0 Å². The highest BCUT2D eigenvalue weighted by molar-refractivity contribution is 5.89. The molecule has 22 heavy (non-hydrogen) atoms. The first kappa shape index (κ1) is 14.7. The van der Waals surface area contributed by atoms with E-state index in [-0.39, 0.29) is 18.7 Å². The van der Waals surface area contributed by atoms with Gasteiger partial charge < -0.3 is 14.6 Å². The molecule has 1 saturated heterocycles. The van der Waals surface area contributed by atoms with Crippen molar-refractivity contribution in [1.29, 1.82) is 0 Å². The summed E-state index contributed by atoms with van der Waals surface area (Å²) < 4.78 is 12.0. The number of aliphatic hydroxyl groups excluding tert-OH is 1. The normalized spacial score (nSPS) is 17.6. The van der Waals surface area contributed by atoms with E-state index in [2.05, 4.69) is 15.0 Å². The number of benzene rings is 1. The van der Waals surface area contributed by atoms with Gasteiger partial charge in [-0.2, -0.15) is 0 Å². The number of ether oxygens (including phenoxy) is 2. The first-order valence-corrected chi connectivity index (χ1v) is 7.10. The van der Waals surface area contributed by atoms with Crippen molar-refractivity contribution in [2.45, 2.75) is 25.6 Å². The maximum atomic E-state index is 11.5. The molecule has 1 unspecified atom stereocenters. The molecule has 7 heteroatoms. The van der Waals surface area contributed by atoms with Gasteiger partial charge in [0.05, 0.1) is 30.7 Å². The van der Waals surface area contributed by atoms with Gasteiger partial charge in [0.1, 0.15) is 11.8 Å². The highest BCUT2D eigenvalue weighted by atomic mass is 16.5. The molecule has 1 N–H and O–H groups in total. The Morgan fingerprint density at radius 3 is 2.82 bits per heavy atom. The maximum absolute atomic E-state index is 11.5. The molecule has 2 heterocycles. The Labute approximate surface area is 127 Å². The van der Waals surface area contributed by atoms with Crippen LogP contribution in [0.5, 0.6) is 0 Å². The topological polar surface area (TPSA) is 86.5 Å². The average molecular weight is 303 g/mol. The zero-order valence-electron chi connectivity index (χ0n) is 12.2. The number of hydrogen-bond acceptors (Lipinski definition) is 6. The first-order valence-electron chi connectivity index (χ1n) is 7.10. The van der Waals surface area contributed by atoms with Crippen molar-refractivity contribution >= 4 is 5.97 Å². The summed E-state index contributed by atoms with van der Waals surface area (Å²) in [6.45, 7) is 0.511. The Balaban J connectivity index is 1.97. The van der Waals surface area contributed by atoms with E-state index in [4.69, 9.17) is 4.74 Å². The number of methoxy groups -OCH3 is 1. The summed E-state index contributed by atoms with van der Waals surface area (Å²) in [5, 5.41) is 17.6. The lowest BCUT2D eigenvalue weighted by Gasteiger charge is -2.13. The number of nitrogens with zero attached hydrogens (tertiary/aromatic N) is 3. The van der Waals surface area contributed by atoms with Gasteiger partial charge in [-0.25, -0.2) is 9.48 Å². The molecule has 0 aliphatic carbocycles. The fourth-order valence-corrected chi connectivity index (χ4v) is 2.60. The summed E-state index contributed by atoms with van der Waals surface area (Å²) in [4.78, 5) is 11.5. The largest absolute Gasteiger partial charge is 0.465 e. The predicted molar refractivity (Wildman–Crippen MR) is 76.5 cm³/mol. The highest BCUT2D eigenvalue weighted by Crippen LogP contribution is 2.31. The van der Waals surface area contributed by atoms with E-state index in [0.29, 0.717) is 17.9 Å². The van der Waals surface area contributed by atoms with Crippen LogP contribution in [0.25, 0.3) is 5.69 Å². The van der Waals surface area contributed by atoms with Gasteiger partial charge >= 0.3 is 5.97 Å². The van der Waals surface area contributed by atoms with Crippen LogP contribution in [0.4, 0.5) is 0 Å². The van der Waals surface area contributed by atoms with Gasteiger partial charge in [0.25, 0.3) is 0 Å². The number of aromatic nitrogens is 3. The third-order valence-electron chi connectivity index (χ3n) is 3.70. The Morgan fingerprint density at radius 1 is 1.45 bits per heavy atom.